The van der Waals surface area contributed by atoms with Crippen molar-refractivity contribution < 1.29 is 4.57 Å². The van der Waals surface area contributed by atoms with E-state index in [1.54, 1.807) is 0 Å². The van der Waals surface area contributed by atoms with Crippen molar-refractivity contribution in [2.75, 3.05) is 0 Å². The van der Waals surface area contributed by atoms with Crippen molar-refractivity contribution in [3.8, 4) is 0 Å². The molecule has 2 atom stereocenters. The minimum absolute atomic E-state index is 0.00222. The SMILES string of the molecule is Cc1ccccc1C([PH+]=O)c1ccccc1. The van der Waals surface area contributed by atoms with E-state index in [2.05, 4.69) is 19.1 Å². The average Bonchev–Trinajstić information content (AvgIpc) is 2.34. The van der Waals surface area contributed by atoms with Crippen molar-refractivity contribution in [1.82, 2.24) is 0 Å². The van der Waals surface area contributed by atoms with Crippen molar-refractivity contribution in [2.45, 2.75) is 12.6 Å². The summed E-state index contributed by atoms with van der Waals surface area (Å²) in [5, 5.41) is 0. The molecule has 2 aromatic rings. The number of benzene rings is 2. The zero-order valence-electron chi connectivity index (χ0n) is 9.18. The normalized spacial score (nSPS) is 12.6. The molecule has 0 aliphatic rings. The Morgan fingerprint density at radius 3 is 2.19 bits per heavy atom. The van der Waals surface area contributed by atoms with Gasteiger partial charge in [-0.2, -0.15) is 0 Å². The second kappa shape index (κ2) is 5.05. The van der Waals surface area contributed by atoms with Crippen LogP contribution in [0.15, 0.2) is 54.6 Å². The van der Waals surface area contributed by atoms with E-state index in [9.17, 15) is 4.57 Å². The zero-order valence-corrected chi connectivity index (χ0v) is 10.2. The lowest BCUT2D eigenvalue weighted by atomic mass is 10.0. The topological polar surface area (TPSA) is 17.1 Å². The van der Waals surface area contributed by atoms with Gasteiger partial charge in [-0.25, -0.2) is 0 Å². The lowest BCUT2D eigenvalue weighted by Crippen LogP contribution is -1.95. The molecule has 0 saturated carbocycles. The predicted molar refractivity (Wildman–Crippen MR) is 68.5 cm³/mol. The Bertz CT molecular complexity index is 479. The van der Waals surface area contributed by atoms with Crippen LogP contribution in [0.25, 0.3) is 0 Å². The molecule has 0 N–H and O–H groups in total. The zero-order chi connectivity index (χ0) is 11.4. The van der Waals surface area contributed by atoms with Crippen molar-refractivity contribution in [2.24, 2.45) is 0 Å². The molecule has 0 bridgehead atoms. The summed E-state index contributed by atoms with van der Waals surface area (Å²) in [7, 11) is -0.350. The second-order valence-corrected chi connectivity index (χ2v) is 4.63. The van der Waals surface area contributed by atoms with Crippen molar-refractivity contribution >= 4 is 8.46 Å². The van der Waals surface area contributed by atoms with Gasteiger partial charge in [0.05, 0.1) is 0 Å². The van der Waals surface area contributed by atoms with Gasteiger partial charge in [-0.05, 0) is 12.5 Å². The number of aryl methyl sites for hydroxylation is 1. The molecule has 0 aromatic heterocycles. The van der Waals surface area contributed by atoms with Crippen molar-refractivity contribution in [1.29, 1.82) is 0 Å². The van der Waals surface area contributed by atoms with E-state index >= 15 is 0 Å². The number of rotatable bonds is 3. The minimum Gasteiger partial charge on any atom is -0.0764 e. The van der Waals surface area contributed by atoms with Crippen LogP contribution in [-0.4, -0.2) is 0 Å². The second-order valence-electron chi connectivity index (χ2n) is 3.82. The molecule has 0 heterocycles. The van der Waals surface area contributed by atoms with E-state index in [-0.39, 0.29) is 14.1 Å². The third-order valence-corrected chi connectivity index (χ3v) is 3.63. The number of hydrogen-bond donors (Lipinski definition) is 0. The van der Waals surface area contributed by atoms with Gasteiger partial charge < -0.3 is 0 Å². The average molecular weight is 229 g/mol. The summed E-state index contributed by atoms with van der Waals surface area (Å²) in [6.07, 6.45) is 0. The van der Waals surface area contributed by atoms with E-state index in [1.807, 2.05) is 42.5 Å². The molecule has 0 amide bonds. The number of hydrogen-bond acceptors (Lipinski definition) is 1. The highest BCUT2D eigenvalue weighted by Gasteiger charge is 2.22. The van der Waals surface area contributed by atoms with Gasteiger partial charge >= 0.3 is 8.46 Å². The van der Waals surface area contributed by atoms with Crippen LogP contribution in [0.2, 0.25) is 0 Å². The molecule has 0 aliphatic heterocycles. The van der Waals surface area contributed by atoms with E-state index in [0.717, 1.165) is 11.1 Å². The van der Waals surface area contributed by atoms with Crippen LogP contribution in [-0.2, 0) is 4.57 Å². The Morgan fingerprint density at radius 2 is 1.56 bits per heavy atom. The first-order chi connectivity index (χ1) is 7.83. The summed E-state index contributed by atoms with van der Waals surface area (Å²) in [4.78, 5) is 0. The van der Waals surface area contributed by atoms with Gasteiger partial charge in [0.25, 0.3) is 0 Å². The summed E-state index contributed by atoms with van der Waals surface area (Å²) in [6, 6.07) is 18.1. The highest BCUT2D eigenvalue weighted by atomic mass is 31.1. The van der Waals surface area contributed by atoms with Gasteiger partial charge in [-0.3, -0.25) is 0 Å². The fraction of sp³-hybridized carbons (Fsp3) is 0.143. The fourth-order valence-electron chi connectivity index (χ4n) is 1.87. The first kappa shape index (κ1) is 11.0. The third kappa shape index (κ3) is 2.20. The van der Waals surface area contributed by atoms with Gasteiger partial charge in [0.1, 0.15) is 0 Å². The molecule has 0 radical (unpaired) electrons. The molecule has 2 unspecified atom stereocenters. The molecular weight excluding hydrogens is 215 g/mol. The predicted octanol–water partition coefficient (Wildman–Crippen LogP) is 4.11. The highest BCUT2D eigenvalue weighted by molar-refractivity contribution is 7.24. The Morgan fingerprint density at radius 1 is 0.938 bits per heavy atom. The van der Waals surface area contributed by atoms with Gasteiger partial charge in [0.2, 0.25) is 5.66 Å². The van der Waals surface area contributed by atoms with Crippen LogP contribution < -0.4 is 0 Å². The first-order valence-corrected chi connectivity index (χ1v) is 6.29. The molecule has 0 spiro atoms. The van der Waals surface area contributed by atoms with E-state index < -0.39 is 0 Å². The summed E-state index contributed by atoms with van der Waals surface area (Å²) in [6.45, 7) is 2.06. The van der Waals surface area contributed by atoms with E-state index in [1.165, 1.54) is 5.56 Å². The minimum atomic E-state index is -0.350. The fourth-order valence-corrected chi connectivity index (χ4v) is 2.65. The van der Waals surface area contributed by atoms with Gasteiger partial charge in [-0.15, -0.1) is 0 Å². The van der Waals surface area contributed by atoms with Crippen LogP contribution in [0.4, 0.5) is 0 Å². The molecule has 0 aliphatic carbocycles. The maximum atomic E-state index is 11.4. The lowest BCUT2D eigenvalue weighted by molar-refractivity contribution is 0.595. The van der Waals surface area contributed by atoms with Gasteiger partial charge in [0, 0.05) is 11.1 Å². The maximum absolute atomic E-state index is 11.4. The van der Waals surface area contributed by atoms with Crippen molar-refractivity contribution in [3.05, 3.63) is 71.3 Å². The Balaban J connectivity index is 2.45. The molecular formula is C14H14OP+. The molecule has 0 saturated heterocycles. The Hall–Kier alpha value is -1.46. The quantitative estimate of drug-likeness (QED) is 0.724. The molecule has 16 heavy (non-hydrogen) atoms. The van der Waals surface area contributed by atoms with Gasteiger partial charge in [-0.1, -0.05) is 59.2 Å². The van der Waals surface area contributed by atoms with Crippen LogP contribution in [0, 0.1) is 6.92 Å². The standard InChI is InChI=1S/C14H13OP/c1-11-7-5-6-10-13(11)14(16-15)12-8-3-2-4-9-12/h2-10,14H,1H3/p+1. The summed E-state index contributed by atoms with van der Waals surface area (Å²) < 4.78 is 11.4. The molecule has 0 fully saturated rings. The largest absolute Gasteiger partial charge is 0.337 e. The Kier molecular flexibility index (Phi) is 3.48. The molecule has 2 heteroatoms. The van der Waals surface area contributed by atoms with Gasteiger partial charge in [0.15, 0.2) is 0 Å². The smallest absolute Gasteiger partial charge is 0.0764 e. The summed E-state index contributed by atoms with van der Waals surface area (Å²) in [5.74, 6) is 0. The molecule has 2 rings (SSSR count). The summed E-state index contributed by atoms with van der Waals surface area (Å²) in [5.41, 5.74) is 3.47. The maximum Gasteiger partial charge on any atom is 0.337 e. The van der Waals surface area contributed by atoms with Crippen LogP contribution in [0.1, 0.15) is 22.3 Å². The first-order valence-electron chi connectivity index (χ1n) is 5.31. The molecule has 2 aromatic carbocycles. The monoisotopic (exact) mass is 229 g/mol. The van der Waals surface area contributed by atoms with Crippen molar-refractivity contribution in [3.63, 3.8) is 0 Å². The summed E-state index contributed by atoms with van der Waals surface area (Å²) >= 11 is 0. The lowest BCUT2D eigenvalue weighted by Gasteiger charge is -2.07. The van der Waals surface area contributed by atoms with Crippen LogP contribution >= 0.6 is 8.46 Å². The van der Waals surface area contributed by atoms with Crippen LogP contribution in [0.5, 0.6) is 0 Å². The Labute approximate surface area is 97.3 Å². The van der Waals surface area contributed by atoms with E-state index in [0.29, 0.717) is 0 Å². The van der Waals surface area contributed by atoms with Crippen LogP contribution in [0.3, 0.4) is 0 Å². The molecule has 80 valence electrons. The van der Waals surface area contributed by atoms with E-state index in [4.69, 9.17) is 0 Å². The third-order valence-electron chi connectivity index (χ3n) is 2.75. The highest BCUT2D eigenvalue weighted by Crippen LogP contribution is 2.35. The molecule has 1 nitrogen and oxygen atoms in total.